The maximum Gasteiger partial charge on any atom is 0.243 e. The number of nitrogens with one attached hydrogen (secondary N) is 1. The van der Waals surface area contributed by atoms with Crippen molar-refractivity contribution in [2.75, 3.05) is 0 Å². The van der Waals surface area contributed by atoms with Crippen LogP contribution in [-0.4, -0.2) is 28.7 Å². The lowest BCUT2D eigenvalue weighted by molar-refractivity contribution is -0.148. The van der Waals surface area contributed by atoms with Crippen molar-refractivity contribution >= 4 is 40.9 Å². The Balaban J connectivity index is 1.81. The first-order valence-corrected chi connectivity index (χ1v) is 10.7. The molecule has 1 fully saturated rings. The maximum atomic E-state index is 13.2. The van der Waals surface area contributed by atoms with Gasteiger partial charge in [0.1, 0.15) is 6.04 Å². The second-order valence-corrected chi connectivity index (χ2v) is 9.07. The van der Waals surface area contributed by atoms with Gasteiger partial charge in [-0.2, -0.15) is 0 Å². The number of amides is 3. The van der Waals surface area contributed by atoms with Gasteiger partial charge in [0.2, 0.25) is 17.7 Å². The molecule has 0 unspecified atom stereocenters. The minimum Gasteiger partial charge on any atom is -0.348 e. The van der Waals surface area contributed by atoms with Gasteiger partial charge in [0.05, 0.1) is 27.9 Å². The van der Waals surface area contributed by atoms with Crippen molar-refractivity contribution in [1.82, 2.24) is 10.2 Å². The maximum absolute atomic E-state index is 13.2. The summed E-state index contributed by atoms with van der Waals surface area (Å²) < 4.78 is 0. The zero-order valence-electron chi connectivity index (χ0n) is 16.8. The fraction of sp³-hybridized carbons (Fsp3) is 0.500. The Morgan fingerprint density at radius 1 is 1.07 bits per heavy atom. The molecule has 1 aromatic carbocycles. The Hall–Kier alpha value is -1.85. The number of halogens is 2. The quantitative estimate of drug-likeness (QED) is 0.525. The molecule has 1 aliphatic heterocycles. The van der Waals surface area contributed by atoms with Gasteiger partial charge < -0.3 is 5.32 Å². The van der Waals surface area contributed by atoms with Crippen molar-refractivity contribution in [3.8, 4) is 0 Å². The average Bonchev–Trinajstić information content (AvgIpc) is 2.92. The van der Waals surface area contributed by atoms with Crippen LogP contribution in [0.15, 0.2) is 30.4 Å². The highest BCUT2D eigenvalue weighted by molar-refractivity contribution is 6.42. The molecule has 0 bridgehead atoms. The lowest BCUT2D eigenvalue weighted by atomic mass is 9.85. The van der Waals surface area contributed by atoms with E-state index in [4.69, 9.17) is 23.2 Å². The minimum absolute atomic E-state index is 0.146. The van der Waals surface area contributed by atoms with Gasteiger partial charge >= 0.3 is 0 Å². The molecule has 29 heavy (non-hydrogen) atoms. The Kier molecular flexibility index (Phi) is 6.69. The van der Waals surface area contributed by atoms with E-state index in [2.05, 4.69) is 5.32 Å². The molecule has 156 valence electrons. The van der Waals surface area contributed by atoms with Gasteiger partial charge in [-0.25, -0.2) is 0 Å². The molecule has 1 N–H and O–H groups in total. The van der Waals surface area contributed by atoms with E-state index in [1.54, 1.807) is 18.2 Å². The summed E-state index contributed by atoms with van der Waals surface area (Å²) in [5.74, 6) is -1.33. The van der Waals surface area contributed by atoms with Crippen molar-refractivity contribution in [2.24, 2.45) is 17.8 Å². The van der Waals surface area contributed by atoms with Crippen LogP contribution in [0, 0.1) is 17.8 Å². The number of hydrogen-bond donors (Lipinski definition) is 1. The fourth-order valence-corrected chi connectivity index (χ4v) is 4.39. The van der Waals surface area contributed by atoms with E-state index < -0.39 is 6.04 Å². The van der Waals surface area contributed by atoms with Gasteiger partial charge in [0.25, 0.3) is 0 Å². The van der Waals surface area contributed by atoms with Crippen LogP contribution in [0.3, 0.4) is 0 Å². The zero-order valence-corrected chi connectivity index (χ0v) is 18.3. The molecule has 0 radical (unpaired) electrons. The first kappa shape index (κ1) is 21.8. The molecule has 3 rings (SSSR count). The van der Waals surface area contributed by atoms with Crippen molar-refractivity contribution < 1.29 is 14.4 Å². The normalized spacial score (nSPS) is 23.3. The van der Waals surface area contributed by atoms with Gasteiger partial charge in [0.15, 0.2) is 0 Å². The summed E-state index contributed by atoms with van der Waals surface area (Å²) in [6, 6.07) is 4.02. The molecule has 4 atom stereocenters. The molecule has 1 aromatic rings. The van der Waals surface area contributed by atoms with Gasteiger partial charge in [0, 0.05) is 0 Å². The monoisotopic (exact) mass is 436 g/mol. The van der Waals surface area contributed by atoms with Crippen molar-refractivity contribution in [3.63, 3.8) is 0 Å². The number of fused-ring (bicyclic) bond motifs is 1. The first-order chi connectivity index (χ1) is 13.7. The van der Waals surface area contributed by atoms with E-state index in [1.165, 1.54) is 4.90 Å². The van der Waals surface area contributed by atoms with Crippen molar-refractivity contribution in [3.05, 3.63) is 46.0 Å². The highest BCUT2D eigenvalue weighted by Crippen LogP contribution is 2.37. The third-order valence-corrected chi connectivity index (χ3v) is 6.39. The summed E-state index contributed by atoms with van der Waals surface area (Å²) in [4.78, 5) is 40.3. The largest absolute Gasteiger partial charge is 0.348 e. The van der Waals surface area contributed by atoms with Crippen molar-refractivity contribution in [2.45, 2.75) is 52.1 Å². The zero-order chi connectivity index (χ0) is 21.3. The Morgan fingerprint density at radius 3 is 2.17 bits per heavy atom. The smallest absolute Gasteiger partial charge is 0.243 e. The van der Waals surface area contributed by atoms with Crippen LogP contribution < -0.4 is 5.32 Å². The summed E-state index contributed by atoms with van der Waals surface area (Å²) in [6.07, 6.45) is 5.42. The number of carbonyl (C=O) groups excluding carboxylic acids is 3. The van der Waals surface area contributed by atoms with Gasteiger partial charge in [-0.3, -0.25) is 19.3 Å². The topological polar surface area (TPSA) is 66.5 Å². The standard InChI is InChI=1S/C22H26Cl2N2O3/c1-12(2)10-19(26-21(28)15-6-4-5-7-16(15)22(26)29)20(27)25-13(3)14-8-9-17(23)18(24)11-14/h4-5,8-9,11-13,15-16,19H,6-7,10H2,1-3H3,(H,25,27)/t13-,15+,16+,19-/m1/s1. The van der Waals surface area contributed by atoms with E-state index in [0.717, 1.165) is 5.56 Å². The van der Waals surface area contributed by atoms with Crippen LogP contribution in [0.2, 0.25) is 10.0 Å². The van der Waals surface area contributed by atoms with Gasteiger partial charge in [-0.15, -0.1) is 0 Å². The molecular formula is C22H26Cl2N2O3. The lowest BCUT2D eigenvalue weighted by Gasteiger charge is -2.28. The third-order valence-electron chi connectivity index (χ3n) is 5.65. The number of imide groups is 1. The van der Waals surface area contributed by atoms with Crippen molar-refractivity contribution in [1.29, 1.82) is 0 Å². The van der Waals surface area contributed by atoms with Crippen LogP contribution in [0.25, 0.3) is 0 Å². The molecule has 1 aliphatic carbocycles. The summed E-state index contributed by atoms with van der Waals surface area (Å²) in [6.45, 7) is 5.78. The highest BCUT2D eigenvalue weighted by atomic mass is 35.5. The summed E-state index contributed by atoms with van der Waals surface area (Å²) in [5, 5.41) is 3.79. The number of carbonyl (C=O) groups is 3. The third kappa shape index (κ3) is 4.51. The number of benzene rings is 1. The molecule has 1 heterocycles. The van der Waals surface area contributed by atoms with Crippen LogP contribution in [-0.2, 0) is 14.4 Å². The predicted octanol–water partition coefficient (Wildman–Crippen LogP) is 4.54. The number of allylic oxidation sites excluding steroid dienone is 2. The highest BCUT2D eigenvalue weighted by Gasteiger charge is 2.51. The van der Waals surface area contributed by atoms with E-state index in [1.807, 2.05) is 32.9 Å². The Labute approximate surface area is 181 Å². The summed E-state index contributed by atoms with van der Waals surface area (Å²) in [5.41, 5.74) is 0.799. The Bertz CT molecular complexity index is 826. The van der Waals surface area contributed by atoms with Gasteiger partial charge in [-0.05, 0) is 49.8 Å². The predicted molar refractivity (Wildman–Crippen MR) is 113 cm³/mol. The second-order valence-electron chi connectivity index (χ2n) is 8.25. The molecule has 2 aliphatic rings. The first-order valence-electron chi connectivity index (χ1n) is 9.98. The molecule has 3 amide bonds. The number of likely N-dealkylation sites (tertiary alicyclic amines) is 1. The average molecular weight is 437 g/mol. The number of nitrogens with zero attached hydrogens (tertiary/aromatic N) is 1. The van der Waals surface area contributed by atoms with E-state index in [-0.39, 0.29) is 41.5 Å². The Morgan fingerprint density at radius 2 is 1.66 bits per heavy atom. The summed E-state index contributed by atoms with van der Waals surface area (Å²) >= 11 is 12.1. The van der Waals surface area contributed by atoms with E-state index in [9.17, 15) is 14.4 Å². The number of hydrogen-bond acceptors (Lipinski definition) is 3. The molecule has 0 saturated carbocycles. The molecular weight excluding hydrogens is 411 g/mol. The SMILES string of the molecule is CC(C)C[C@H](C(=O)N[C@H](C)c1ccc(Cl)c(Cl)c1)N1C(=O)[C@H]2CC=CC[C@@H]2C1=O. The fourth-order valence-electron chi connectivity index (χ4n) is 4.08. The molecule has 0 aromatic heterocycles. The van der Waals surface area contributed by atoms with E-state index in [0.29, 0.717) is 29.3 Å². The van der Waals surface area contributed by atoms with Crippen LogP contribution >= 0.6 is 23.2 Å². The van der Waals surface area contributed by atoms with Gasteiger partial charge in [-0.1, -0.05) is 55.3 Å². The lowest BCUT2D eigenvalue weighted by Crippen LogP contribution is -2.51. The minimum atomic E-state index is -0.814. The number of rotatable bonds is 6. The van der Waals surface area contributed by atoms with Crippen LogP contribution in [0.4, 0.5) is 0 Å². The van der Waals surface area contributed by atoms with Crippen LogP contribution in [0.5, 0.6) is 0 Å². The molecule has 7 heteroatoms. The van der Waals surface area contributed by atoms with E-state index >= 15 is 0 Å². The molecule has 0 spiro atoms. The molecule has 5 nitrogen and oxygen atoms in total. The molecule has 1 saturated heterocycles. The van der Waals surface area contributed by atoms with Crippen LogP contribution in [0.1, 0.15) is 51.6 Å². The summed E-state index contributed by atoms with van der Waals surface area (Å²) in [7, 11) is 0. The second kappa shape index (κ2) is 8.88.